The first-order valence-electron chi connectivity index (χ1n) is 5.72. The van der Waals surface area contributed by atoms with Crippen molar-refractivity contribution in [2.24, 2.45) is 11.8 Å². The predicted octanol–water partition coefficient (Wildman–Crippen LogP) is 2.50. The number of carbonyl (C=O) groups excluding carboxylic acids is 1. The van der Waals surface area contributed by atoms with Crippen LogP contribution < -0.4 is 0 Å². The lowest BCUT2D eigenvalue weighted by atomic mass is 9.95. The first-order valence-corrected chi connectivity index (χ1v) is 5.72. The van der Waals surface area contributed by atoms with Gasteiger partial charge in [-0.15, -0.1) is 0 Å². The van der Waals surface area contributed by atoms with Crippen molar-refractivity contribution in [3.63, 3.8) is 0 Å². The smallest absolute Gasteiger partial charge is 0.337 e. The molecule has 0 fully saturated rings. The van der Waals surface area contributed by atoms with Gasteiger partial charge in [-0.2, -0.15) is 18.4 Å². The molecule has 100 valence electrons. The van der Waals surface area contributed by atoms with Crippen LogP contribution in [-0.4, -0.2) is 30.1 Å². The van der Waals surface area contributed by atoms with E-state index in [1.54, 1.807) is 13.8 Å². The van der Waals surface area contributed by atoms with Crippen molar-refractivity contribution in [2.75, 3.05) is 13.1 Å². The maximum absolute atomic E-state index is 12.4. The minimum absolute atomic E-state index is 0.0229. The third kappa shape index (κ3) is 3.25. The normalized spacial score (nSPS) is 18.3. The quantitative estimate of drug-likeness (QED) is 0.716. The zero-order chi connectivity index (χ0) is 13.9. The lowest BCUT2D eigenvalue weighted by Crippen LogP contribution is -2.41. The Balaban J connectivity index is 2.72. The van der Waals surface area contributed by atoms with Crippen LogP contribution in [0.3, 0.4) is 0 Å². The van der Waals surface area contributed by atoms with Gasteiger partial charge in [0.25, 0.3) is 0 Å². The molecule has 6 heteroatoms. The van der Waals surface area contributed by atoms with Crippen LogP contribution >= 0.6 is 0 Å². The van der Waals surface area contributed by atoms with Crippen LogP contribution in [0.15, 0.2) is 11.6 Å². The molecule has 0 aromatic heterocycles. The van der Waals surface area contributed by atoms with E-state index in [0.29, 0.717) is 0 Å². The van der Waals surface area contributed by atoms with Crippen molar-refractivity contribution in [3.05, 3.63) is 11.6 Å². The number of hydrogen-bond acceptors (Lipinski definition) is 2. The van der Waals surface area contributed by atoms with Crippen LogP contribution in [0.5, 0.6) is 0 Å². The molecule has 1 amide bonds. The van der Waals surface area contributed by atoms with Crippen molar-refractivity contribution in [2.45, 2.75) is 26.4 Å². The van der Waals surface area contributed by atoms with Crippen molar-refractivity contribution < 1.29 is 18.0 Å². The first kappa shape index (κ1) is 14.6. The third-order valence-electron chi connectivity index (χ3n) is 2.96. The number of alkyl halides is 3. The van der Waals surface area contributed by atoms with Gasteiger partial charge in [-0.1, -0.05) is 19.9 Å². The number of rotatable bonds is 2. The molecule has 0 aromatic carbocycles. The second-order valence-corrected chi connectivity index (χ2v) is 4.61. The minimum Gasteiger partial charge on any atom is -0.337 e. The van der Waals surface area contributed by atoms with Gasteiger partial charge in [-0.05, 0) is 12.3 Å². The molecule has 1 aliphatic heterocycles. The second kappa shape index (κ2) is 5.42. The maximum atomic E-state index is 12.4. The highest BCUT2D eigenvalue weighted by atomic mass is 19.4. The van der Waals surface area contributed by atoms with Crippen molar-refractivity contribution in [1.29, 1.82) is 5.26 Å². The summed E-state index contributed by atoms with van der Waals surface area (Å²) in [5.74, 6) is -1.31. The summed E-state index contributed by atoms with van der Waals surface area (Å²) in [4.78, 5) is 13.2. The van der Waals surface area contributed by atoms with E-state index in [4.69, 9.17) is 5.26 Å². The molecule has 0 radical (unpaired) electrons. The van der Waals surface area contributed by atoms with Crippen molar-refractivity contribution >= 4 is 5.91 Å². The Bertz CT molecular complexity index is 393. The summed E-state index contributed by atoms with van der Waals surface area (Å²) < 4.78 is 37.2. The first-order chi connectivity index (χ1) is 8.27. The predicted molar refractivity (Wildman–Crippen MR) is 59.3 cm³/mol. The fourth-order valence-corrected chi connectivity index (χ4v) is 1.81. The number of hydrogen-bond donors (Lipinski definition) is 0. The summed E-state index contributed by atoms with van der Waals surface area (Å²) in [5.41, 5.74) is -0.593. The maximum Gasteiger partial charge on any atom is 0.412 e. The van der Waals surface area contributed by atoms with Gasteiger partial charge in [0.2, 0.25) is 5.91 Å². The summed E-state index contributed by atoms with van der Waals surface area (Å²) in [7, 11) is 0. The monoisotopic (exact) mass is 260 g/mol. The number of nitrogens with zero attached hydrogens (tertiary/aromatic N) is 2. The van der Waals surface area contributed by atoms with Crippen molar-refractivity contribution in [1.82, 2.24) is 4.90 Å². The highest BCUT2D eigenvalue weighted by Crippen LogP contribution is 2.30. The molecule has 1 atom stereocenters. The van der Waals surface area contributed by atoms with Crippen LogP contribution in [0.2, 0.25) is 0 Å². The number of nitriles is 1. The summed E-state index contributed by atoms with van der Waals surface area (Å²) in [6.45, 7) is 3.44. The molecule has 0 N–H and O–H groups in total. The molecular formula is C12H15F3N2O. The molecule has 18 heavy (non-hydrogen) atoms. The molecule has 0 bridgehead atoms. The van der Waals surface area contributed by atoms with Gasteiger partial charge in [0, 0.05) is 18.7 Å². The van der Waals surface area contributed by atoms with Gasteiger partial charge in [-0.25, -0.2) is 0 Å². The van der Waals surface area contributed by atoms with Crippen LogP contribution in [0, 0.1) is 23.2 Å². The van der Waals surface area contributed by atoms with Gasteiger partial charge in [-0.3, -0.25) is 4.79 Å². The highest BCUT2D eigenvalue weighted by molar-refractivity contribution is 5.81. The minimum atomic E-state index is -4.32. The highest BCUT2D eigenvalue weighted by Gasteiger charge is 2.36. The van der Waals surface area contributed by atoms with Gasteiger partial charge < -0.3 is 4.90 Å². The second-order valence-electron chi connectivity index (χ2n) is 4.61. The Morgan fingerprint density at radius 1 is 1.50 bits per heavy atom. The zero-order valence-electron chi connectivity index (χ0n) is 10.3. The average Bonchev–Trinajstić information content (AvgIpc) is 2.28. The molecule has 3 nitrogen and oxygen atoms in total. The number of halogens is 3. The number of amides is 1. The molecule has 1 rings (SSSR count). The molecule has 1 heterocycles. The van der Waals surface area contributed by atoms with Crippen LogP contribution in [0.25, 0.3) is 0 Å². The van der Waals surface area contributed by atoms with Gasteiger partial charge >= 0.3 is 6.18 Å². The lowest BCUT2D eigenvalue weighted by molar-refractivity contribution is -0.135. The average molecular weight is 260 g/mol. The standard InChI is InChI=1S/C12H15F3N2O/c1-8(2)10(7-16)11(18)17-5-3-9(4-6-17)12(13,14)15/h3,8,10H,4-6H2,1-2H3. The topological polar surface area (TPSA) is 44.1 Å². The van der Waals surface area contributed by atoms with E-state index < -0.39 is 17.7 Å². The van der Waals surface area contributed by atoms with E-state index in [1.165, 1.54) is 4.90 Å². The van der Waals surface area contributed by atoms with Gasteiger partial charge in [0.05, 0.1) is 6.07 Å². The van der Waals surface area contributed by atoms with Gasteiger partial charge in [0.15, 0.2) is 0 Å². The van der Waals surface area contributed by atoms with E-state index >= 15 is 0 Å². The van der Waals surface area contributed by atoms with E-state index in [-0.39, 0.29) is 31.3 Å². The summed E-state index contributed by atoms with van der Waals surface area (Å²) >= 11 is 0. The largest absolute Gasteiger partial charge is 0.412 e. The fourth-order valence-electron chi connectivity index (χ4n) is 1.81. The summed E-state index contributed by atoms with van der Waals surface area (Å²) in [6.07, 6.45) is -3.50. The molecule has 0 saturated carbocycles. The molecule has 0 aliphatic carbocycles. The fraction of sp³-hybridized carbons (Fsp3) is 0.667. The van der Waals surface area contributed by atoms with Crippen LogP contribution in [0.1, 0.15) is 20.3 Å². The molecule has 0 saturated heterocycles. The summed E-state index contributed by atoms with van der Waals surface area (Å²) in [5, 5.41) is 8.89. The Kier molecular flexibility index (Phi) is 4.38. The zero-order valence-corrected chi connectivity index (χ0v) is 10.3. The lowest BCUT2D eigenvalue weighted by Gasteiger charge is -2.29. The number of carbonyl (C=O) groups is 1. The van der Waals surface area contributed by atoms with E-state index in [2.05, 4.69) is 0 Å². The van der Waals surface area contributed by atoms with Crippen molar-refractivity contribution in [3.8, 4) is 6.07 Å². The molecule has 0 aromatic rings. The molecule has 0 spiro atoms. The Hall–Kier alpha value is -1.51. The van der Waals surface area contributed by atoms with E-state index in [1.807, 2.05) is 6.07 Å². The van der Waals surface area contributed by atoms with E-state index in [0.717, 1.165) is 6.08 Å². The third-order valence-corrected chi connectivity index (χ3v) is 2.96. The molecule has 1 aliphatic rings. The Morgan fingerprint density at radius 3 is 2.44 bits per heavy atom. The van der Waals surface area contributed by atoms with Crippen LogP contribution in [-0.2, 0) is 4.79 Å². The van der Waals surface area contributed by atoms with E-state index in [9.17, 15) is 18.0 Å². The Labute approximate surface area is 104 Å². The van der Waals surface area contributed by atoms with Crippen LogP contribution in [0.4, 0.5) is 13.2 Å². The molecule has 1 unspecified atom stereocenters. The summed E-state index contributed by atoms with van der Waals surface area (Å²) in [6, 6.07) is 1.91. The SMILES string of the molecule is CC(C)C(C#N)C(=O)N1CC=C(C(F)(F)F)CC1. The van der Waals surface area contributed by atoms with Gasteiger partial charge in [0.1, 0.15) is 5.92 Å². The molecular weight excluding hydrogens is 245 g/mol. The Morgan fingerprint density at radius 2 is 2.11 bits per heavy atom.